The summed E-state index contributed by atoms with van der Waals surface area (Å²) in [6.45, 7) is 3.99. The minimum absolute atomic E-state index is 0.104. The van der Waals surface area contributed by atoms with Crippen LogP contribution in [0.2, 0.25) is 0 Å². The summed E-state index contributed by atoms with van der Waals surface area (Å²) in [7, 11) is 3.06. The number of nitrogens with zero attached hydrogens (tertiary/aromatic N) is 1. The fourth-order valence-electron chi connectivity index (χ4n) is 1.45. The normalized spacial score (nSPS) is 26.0. The maximum absolute atomic E-state index is 11.5. The topological polar surface area (TPSA) is 38.8 Å². The molecule has 0 N–H and O–H groups in total. The minimum Gasteiger partial charge on any atom is -0.362 e. The molecule has 1 aliphatic heterocycles. The molecule has 1 aliphatic rings. The van der Waals surface area contributed by atoms with Crippen LogP contribution in [0.25, 0.3) is 0 Å². The Hall–Kier alpha value is -0.610. The highest BCUT2D eigenvalue weighted by Gasteiger charge is 2.37. The van der Waals surface area contributed by atoms with E-state index in [0.29, 0.717) is 0 Å². The van der Waals surface area contributed by atoms with Crippen molar-refractivity contribution < 1.29 is 14.4 Å². The molecule has 0 aliphatic carbocycles. The summed E-state index contributed by atoms with van der Waals surface area (Å²) in [4.78, 5) is 16.3. The summed E-state index contributed by atoms with van der Waals surface area (Å²) in [5.74, 6) is -0.104. The number of hydrogen-bond donors (Lipinski definition) is 0. The smallest absolute Gasteiger partial charge is 0.274 e. The van der Waals surface area contributed by atoms with E-state index in [1.807, 2.05) is 13.8 Å². The van der Waals surface area contributed by atoms with Gasteiger partial charge in [0.15, 0.2) is 0 Å². The molecular formula is C9H17NO3. The molecule has 1 atom stereocenters. The van der Waals surface area contributed by atoms with Gasteiger partial charge in [0.05, 0.1) is 12.7 Å². The fourth-order valence-corrected chi connectivity index (χ4v) is 1.45. The van der Waals surface area contributed by atoms with Gasteiger partial charge in [0.25, 0.3) is 5.91 Å². The average molecular weight is 187 g/mol. The zero-order chi connectivity index (χ0) is 10.1. The van der Waals surface area contributed by atoms with Crippen molar-refractivity contribution in [3.8, 4) is 0 Å². The Kier molecular flexibility index (Phi) is 2.93. The van der Waals surface area contributed by atoms with Crippen LogP contribution in [-0.2, 0) is 14.4 Å². The van der Waals surface area contributed by atoms with E-state index in [1.165, 1.54) is 12.2 Å². The monoisotopic (exact) mass is 187 g/mol. The number of carbonyl (C=O) groups excluding carboxylic acids is 1. The second-order valence-electron chi connectivity index (χ2n) is 3.92. The van der Waals surface area contributed by atoms with Crippen molar-refractivity contribution in [2.75, 3.05) is 14.2 Å². The van der Waals surface area contributed by atoms with E-state index in [1.54, 1.807) is 7.05 Å². The van der Waals surface area contributed by atoms with Crippen LogP contribution >= 0.6 is 0 Å². The molecule has 0 aromatic carbocycles. The summed E-state index contributed by atoms with van der Waals surface area (Å²) >= 11 is 0. The van der Waals surface area contributed by atoms with Crippen LogP contribution in [0.3, 0.4) is 0 Å². The van der Waals surface area contributed by atoms with Crippen molar-refractivity contribution in [1.82, 2.24) is 5.06 Å². The van der Waals surface area contributed by atoms with Gasteiger partial charge in [-0.05, 0) is 26.7 Å². The third kappa shape index (κ3) is 2.42. The third-order valence-corrected chi connectivity index (χ3v) is 2.33. The lowest BCUT2D eigenvalue weighted by molar-refractivity contribution is -0.182. The van der Waals surface area contributed by atoms with Crippen molar-refractivity contribution in [3.05, 3.63) is 0 Å². The standard InChI is InChI=1S/C9H17NO3/c1-9(2)6-5-7(13-9)8(11)10(3)12-4/h7H,5-6H2,1-4H3/t7-/m0/s1. The first-order chi connectivity index (χ1) is 5.96. The highest BCUT2D eigenvalue weighted by atomic mass is 16.7. The van der Waals surface area contributed by atoms with Crippen molar-refractivity contribution in [2.24, 2.45) is 0 Å². The molecule has 0 radical (unpaired) electrons. The Morgan fingerprint density at radius 2 is 2.23 bits per heavy atom. The van der Waals surface area contributed by atoms with Gasteiger partial charge in [-0.25, -0.2) is 5.06 Å². The molecule has 4 heteroatoms. The predicted molar refractivity (Wildman–Crippen MR) is 48.0 cm³/mol. The third-order valence-electron chi connectivity index (χ3n) is 2.33. The highest BCUT2D eigenvalue weighted by molar-refractivity contribution is 5.80. The number of ether oxygens (including phenoxy) is 1. The number of carbonyl (C=O) groups is 1. The SMILES string of the molecule is CON(C)C(=O)[C@@H]1CCC(C)(C)O1. The van der Waals surface area contributed by atoms with Gasteiger partial charge in [0.2, 0.25) is 0 Å². The van der Waals surface area contributed by atoms with E-state index in [9.17, 15) is 4.79 Å². The van der Waals surface area contributed by atoms with Crippen LogP contribution < -0.4 is 0 Å². The number of likely N-dealkylation sites (N-methyl/N-ethyl adjacent to an activating group) is 1. The first kappa shape index (κ1) is 10.5. The molecular weight excluding hydrogens is 170 g/mol. The van der Waals surface area contributed by atoms with E-state index < -0.39 is 0 Å². The first-order valence-electron chi connectivity index (χ1n) is 4.46. The summed E-state index contributed by atoms with van der Waals surface area (Å²) in [6.07, 6.45) is 1.36. The second-order valence-corrected chi connectivity index (χ2v) is 3.92. The summed E-state index contributed by atoms with van der Waals surface area (Å²) in [5.41, 5.74) is -0.172. The Morgan fingerprint density at radius 1 is 1.62 bits per heavy atom. The van der Waals surface area contributed by atoms with Gasteiger partial charge in [0, 0.05) is 7.05 Å². The molecule has 1 saturated heterocycles. The zero-order valence-electron chi connectivity index (χ0n) is 8.66. The predicted octanol–water partition coefficient (Wildman–Crippen LogP) is 0.964. The van der Waals surface area contributed by atoms with Gasteiger partial charge < -0.3 is 4.74 Å². The Balaban J connectivity index is 2.51. The Morgan fingerprint density at radius 3 is 2.62 bits per heavy atom. The van der Waals surface area contributed by atoms with Crippen LogP contribution in [-0.4, -0.2) is 36.8 Å². The summed E-state index contributed by atoms with van der Waals surface area (Å²) in [5, 5.41) is 1.21. The van der Waals surface area contributed by atoms with Gasteiger partial charge in [-0.1, -0.05) is 0 Å². The largest absolute Gasteiger partial charge is 0.362 e. The summed E-state index contributed by atoms with van der Waals surface area (Å²) in [6, 6.07) is 0. The molecule has 0 bridgehead atoms. The lowest BCUT2D eigenvalue weighted by Crippen LogP contribution is -2.36. The maximum Gasteiger partial charge on any atom is 0.274 e. The van der Waals surface area contributed by atoms with E-state index in [2.05, 4.69) is 0 Å². The van der Waals surface area contributed by atoms with Gasteiger partial charge in [-0.2, -0.15) is 0 Å². The Bertz CT molecular complexity index is 203. The van der Waals surface area contributed by atoms with Gasteiger partial charge >= 0.3 is 0 Å². The average Bonchev–Trinajstić information content (AvgIpc) is 2.43. The van der Waals surface area contributed by atoms with Crippen molar-refractivity contribution >= 4 is 5.91 Å². The van der Waals surface area contributed by atoms with E-state index in [0.717, 1.165) is 12.8 Å². The molecule has 0 aromatic heterocycles. The van der Waals surface area contributed by atoms with Crippen LogP contribution in [0.1, 0.15) is 26.7 Å². The van der Waals surface area contributed by atoms with Gasteiger partial charge in [0.1, 0.15) is 6.10 Å². The Labute approximate surface area is 78.8 Å². The molecule has 0 spiro atoms. The lowest BCUT2D eigenvalue weighted by atomic mass is 10.1. The van der Waals surface area contributed by atoms with Crippen molar-refractivity contribution in [3.63, 3.8) is 0 Å². The van der Waals surface area contributed by atoms with Crippen molar-refractivity contribution in [1.29, 1.82) is 0 Å². The molecule has 76 valence electrons. The second kappa shape index (κ2) is 3.64. The molecule has 0 aromatic rings. The first-order valence-corrected chi connectivity index (χ1v) is 4.46. The lowest BCUT2D eigenvalue weighted by Gasteiger charge is -2.21. The molecule has 4 nitrogen and oxygen atoms in total. The van der Waals surface area contributed by atoms with Crippen LogP contribution in [0.15, 0.2) is 0 Å². The quantitative estimate of drug-likeness (QED) is 0.604. The molecule has 0 saturated carbocycles. The van der Waals surface area contributed by atoms with Gasteiger partial charge in [-0.15, -0.1) is 0 Å². The van der Waals surface area contributed by atoms with Crippen LogP contribution in [0.5, 0.6) is 0 Å². The molecule has 1 heterocycles. The molecule has 0 unspecified atom stereocenters. The van der Waals surface area contributed by atoms with E-state index >= 15 is 0 Å². The highest BCUT2D eigenvalue weighted by Crippen LogP contribution is 2.29. The molecule has 1 rings (SSSR count). The van der Waals surface area contributed by atoms with E-state index in [4.69, 9.17) is 9.57 Å². The number of amides is 1. The van der Waals surface area contributed by atoms with Gasteiger partial charge in [-0.3, -0.25) is 9.63 Å². The van der Waals surface area contributed by atoms with Crippen LogP contribution in [0, 0.1) is 0 Å². The number of rotatable bonds is 2. The number of hydrogen-bond acceptors (Lipinski definition) is 3. The maximum atomic E-state index is 11.5. The zero-order valence-corrected chi connectivity index (χ0v) is 8.66. The van der Waals surface area contributed by atoms with Crippen molar-refractivity contribution in [2.45, 2.75) is 38.4 Å². The molecule has 1 fully saturated rings. The minimum atomic E-state index is -0.333. The summed E-state index contributed by atoms with van der Waals surface area (Å²) < 4.78 is 5.56. The fraction of sp³-hybridized carbons (Fsp3) is 0.889. The van der Waals surface area contributed by atoms with Crippen LogP contribution in [0.4, 0.5) is 0 Å². The molecule has 1 amide bonds. The number of hydroxylamine groups is 2. The molecule has 13 heavy (non-hydrogen) atoms. The van der Waals surface area contributed by atoms with E-state index in [-0.39, 0.29) is 17.6 Å².